The number of hydrogen-bond donors (Lipinski definition) is 2. The molecule has 2 rings (SSSR count). The average molecular weight is 293 g/mol. The highest BCUT2D eigenvalue weighted by Crippen LogP contribution is 2.23. The van der Waals surface area contributed by atoms with Crippen LogP contribution in [0.15, 0.2) is 36.4 Å². The van der Waals surface area contributed by atoms with Crippen molar-refractivity contribution in [1.82, 2.24) is 4.98 Å². The van der Waals surface area contributed by atoms with Crippen molar-refractivity contribution in [2.45, 2.75) is 0 Å². The number of amides is 1. The maximum atomic E-state index is 10.9. The molecule has 20 heavy (non-hydrogen) atoms. The summed E-state index contributed by atoms with van der Waals surface area (Å²) in [6, 6.07) is 8.47. The van der Waals surface area contributed by atoms with Gasteiger partial charge in [-0.05, 0) is 30.3 Å². The molecular weight excluding hydrogens is 284 g/mol. The number of hydrogen-bond acceptors (Lipinski definition) is 4. The zero-order chi connectivity index (χ0) is 14.7. The van der Waals surface area contributed by atoms with Crippen molar-refractivity contribution in [1.29, 1.82) is 0 Å². The number of primary amides is 1. The summed E-state index contributed by atoms with van der Waals surface area (Å²) in [6.45, 7) is 0. The first kappa shape index (κ1) is 13.8. The Morgan fingerprint density at radius 1 is 1.15 bits per heavy atom. The molecule has 0 aliphatic carbocycles. The minimum atomic E-state index is -1.14. The van der Waals surface area contributed by atoms with Crippen LogP contribution in [-0.4, -0.2) is 22.0 Å². The lowest BCUT2D eigenvalue weighted by Gasteiger charge is -2.06. The fourth-order valence-corrected chi connectivity index (χ4v) is 1.66. The summed E-state index contributed by atoms with van der Waals surface area (Å²) in [6.07, 6.45) is 0. The first-order valence-corrected chi connectivity index (χ1v) is 5.82. The lowest BCUT2D eigenvalue weighted by atomic mass is 10.2. The maximum Gasteiger partial charge on any atom is 0.335 e. The van der Waals surface area contributed by atoms with Crippen molar-refractivity contribution >= 4 is 23.5 Å². The number of benzene rings is 1. The van der Waals surface area contributed by atoms with Gasteiger partial charge in [0, 0.05) is 11.6 Å². The van der Waals surface area contributed by atoms with E-state index in [1.165, 1.54) is 36.4 Å². The summed E-state index contributed by atoms with van der Waals surface area (Å²) in [5, 5.41) is 8.91. The Kier molecular flexibility index (Phi) is 3.86. The van der Waals surface area contributed by atoms with Gasteiger partial charge in [0.25, 0.3) is 0 Å². The van der Waals surface area contributed by atoms with Gasteiger partial charge in [0.15, 0.2) is 0 Å². The molecule has 0 aliphatic rings. The van der Waals surface area contributed by atoms with Gasteiger partial charge in [0.2, 0.25) is 11.8 Å². The van der Waals surface area contributed by atoms with Crippen LogP contribution in [-0.2, 0) is 0 Å². The highest BCUT2D eigenvalue weighted by atomic mass is 35.5. The SMILES string of the molecule is NC(=O)c1ccc(Oc2cc(C(=O)O)cc(Cl)n2)cc1. The number of nitrogens with zero attached hydrogens (tertiary/aromatic N) is 1. The zero-order valence-electron chi connectivity index (χ0n) is 10.0. The van der Waals surface area contributed by atoms with E-state index in [1.54, 1.807) is 0 Å². The van der Waals surface area contributed by atoms with Gasteiger partial charge in [-0.3, -0.25) is 4.79 Å². The molecule has 6 nitrogen and oxygen atoms in total. The standard InChI is InChI=1S/C13H9ClN2O4/c14-10-5-8(13(18)19)6-11(16-10)20-9-3-1-7(2-4-9)12(15)17/h1-6H,(H2,15,17)(H,18,19). The average Bonchev–Trinajstić information content (AvgIpc) is 2.38. The first-order valence-electron chi connectivity index (χ1n) is 5.44. The van der Waals surface area contributed by atoms with Crippen LogP contribution in [0.2, 0.25) is 5.15 Å². The Hall–Kier alpha value is -2.60. The van der Waals surface area contributed by atoms with Crippen LogP contribution in [0.4, 0.5) is 0 Å². The van der Waals surface area contributed by atoms with Crippen molar-refractivity contribution in [2.24, 2.45) is 5.73 Å². The van der Waals surface area contributed by atoms with E-state index in [2.05, 4.69) is 4.98 Å². The lowest BCUT2D eigenvalue weighted by Crippen LogP contribution is -2.10. The number of nitrogens with two attached hydrogens (primary N) is 1. The van der Waals surface area contributed by atoms with E-state index in [0.717, 1.165) is 0 Å². The van der Waals surface area contributed by atoms with Gasteiger partial charge in [-0.15, -0.1) is 0 Å². The second-order valence-electron chi connectivity index (χ2n) is 3.81. The number of carboxylic acid groups (broad SMARTS) is 1. The monoisotopic (exact) mass is 292 g/mol. The normalized spacial score (nSPS) is 10.1. The first-order chi connectivity index (χ1) is 9.45. The van der Waals surface area contributed by atoms with Crippen LogP contribution >= 0.6 is 11.6 Å². The lowest BCUT2D eigenvalue weighted by molar-refractivity contribution is 0.0696. The highest BCUT2D eigenvalue weighted by molar-refractivity contribution is 6.29. The van der Waals surface area contributed by atoms with Crippen molar-refractivity contribution in [3.8, 4) is 11.6 Å². The Balaban J connectivity index is 2.25. The number of carbonyl (C=O) groups excluding carboxylic acids is 1. The molecule has 0 fully saturated rings. The van der Waals surface area contributed by atoms with Crippen LogP contribution in [0.25, 0.3) is 0 Å². The molecule has 0 saturated heterocycles. The molecule has 2 aromatic rings. The van der Waals surface area contributed by atoms with Crippen molar-refractivity contribution in [3.63, 3.8) is 0 Å². The van der Waals surface area contributed by atoms with Gasteiger partial charge in [-0.1, -0.05) is 11.6 Å². The van der Waals surface area contributed by atoms with Crippen LogP contribution in [0.3, 0.4) is 0 Å². The highest BCUT2D eigenvalue weighted by Gasteiger charge is 2.09. The summed E-state index contributed by atoms with van der Waals surface area (Å²) in [4.78, 5) is 25.7. The van der Waals surface area contributed by atoms with Crippen LogP contribution in [0, 0.1) is 0 Å². The molecule has 0 radical (unpaired) electrons. The number of ether oxygens (including phenoxy) is 1. The second-order valence-corrected chi connectivity index (χ2v) is 4.20. The summed E-state index contributed by atoms with van der Waals surface area (Å²) < 4.78 is 5.37. The van der Waals surface area contributed by atoms with Gasteiger partial charge in [-0.2, -0.15) is 0 Å². The molecular formula is C13H9ClN2O4. The topological polar surface area (TPSA) is 103 Å². The third-order valence-electron chi connectivity index (χ3n) is 2.38. The summed E-state index contributed by atoms with van der Waals surface area (Å²) in [5.74, 6) is -1.27. The fourth-order valence-electron chi connectivity index (χ4n) is 1.46. The summed E-state index contributed by atoms with van der Waals surface area (Å²) in [5.41, 5.74) is 5.42. The molecule has 1 aromatic heterocycles. The quantitative estimate of drug-likeness (QED) is 0.842. The zero-order valence-corrected chi connectivity index (χ0v) is 10.8. The number of aromatic nitrogens is 1. The maximum absolute atomic E-state index is 10.9. The molecule has 0 saturated carbocycles. The number of halogens is 1. The smallest absolute Gasteiger partial charge is 0.335 e. The second kappa shape index (κ2) is 5.58. The van der Waals surface area contributed by atoms with E-state index in [-0.39, 0.29) is 16.6 Å². The summed E-state index contributed by atoms with van der Waals surface area (Å²) >= 11 is 5.71. The molecule has 3 N–H and O–H groups in total. The molecule has 102 valence electrons. The van der Waals surface area contributed by atoms with Gasteiger partial charge < -0.3 is 15.6 Å². The predicted molar refractivity (Wildman–Crippen MR) is 71.2 cm³/mol. The van der Waals surface area contributed by atoms with Crippen LogP contribution in [0.5, 0.6) is 11.6 Å². The number of carboxylic acids is 1. The number of pyridine rings is 1. The molecule has 1 heterocycles. The minimum absolute atomic E-state index is 0.00801. The Morgan fingerprint density at radius 2 is 1.80 bits per heavy atom. The van der Waals surface area contributed by atoms with E-state index < -0.39 is 11.9 Å². The van der Waals surface area contributed by atoms with E-state index in [0.29, 0.717) is 11.3 Å². The van der Waals surface area contributed by atoms with Crippen molar-refractivity contribution in [2.75, 3.05) is 0 Å². The minimum Gasteiger partial charge on any atom is -0.478 e. The van der Waals surface area contributed by atoms with Gasteiger partial charge >= 0.3 is 5.97 Å². The van der Waals surface area contributed by atoms with E-state index in [9.17, 15) is 9.59 Å². The molecule has 0 spiro atoms. The molecule has 1 amide bonds. The molecule has 0 bridgehead atoms. The number of aromatic carboxylic acids is 1. The van der Waals surface area contributed by atoms with E-state index in [1.807, 2.05) is 0 Å². The third kappa shape index (κ3) is 3.24. The van der Waals surface area contributed by atoms with E-state index in [4.69, 9.17) is 27.2 Å². The van der Waals surface area contributed by atoms with Crippen molar-refractivity contribution in [3.05, 3.63) is 52.7 Å². The van der Waals surface area contributed by atoms with Gasteiger partial charge in [0.1, 0.15) is 10.9 Å². The number of rotatable bonds is 4. The van der Waals surface area contributed by atoms with Crippen molar-refractivity contribution < 1.29 is 19.4 Å². The summed E-state index contributed by atoms with van der Waals surface area (Å²) in [7, 11) is 0. The van der Waals surface area contributed by atoms with Gasteiger partial charge in [-0.25, -0.2) is 9.78 Å². The molecule has 1 aromatic carbocycles. The molecule has 7 heteroatoms. The molecule has 0 atom stereocenters. The Labute approximate surface area is 118 Å². The fraction of sp³-hybridized carbons (Fsp3) is 0. The van der Waals surface area contributed by atoms with Crippen LogP contribution in [0.1, 0.15) is 20.7 Å². The molecule has 0 unspecified atom stereocenters. The Morgan fingerprint density at radius 3 is 2.35 bits per heavy atom. The predicted octanol–water partition coefficient (Wildman–Crippen LogP) is 2.32. The Bertz CT molecular complexity index is 671. The largest absolute Gasteiger partial charge is 0.478 e. The van der Waals surface area contributed by atoms with Gasteiger partial charge in [0.05, 0.1) is 5.56 Å². The molecule has 0 aliphatic heterocycles. The number of carbonyl (C=O) groups is 2. The van der Waals surface area contributed by atoms with E-state index >= 15 is 0 Å². The van der Waals surface area contributed by atoms with Crippen LogP contribution < -0.4 is 10.5 Å². The third-order valence-corrected chi connectivity index (χ3v) is 2.57.